The molecule has 10 nitrogen and oxygen atoms in total. The number of hydrogen-bond acceptors (Lipinski definition) is 6. The molecule has 1 fully saturated rings. The van der Waals surface area contributed by atoms with Crippen LogP contribution in [0.3, 0.4) is 0 Å². The molecule has 1 N–H and O–H groups in total. The molecule has 0 unspecified atom stereocenters. The van der Waals surface area contributed by atoms with E-state index in [1.165, 1.54) is 53.4 Å². The standard InChI is InChI=1S/C30H32Cl2N4O6S/c1-21(30(38)33-24-9-4-2-5-10-24)34(19-22-15-16-23(31)17-28(22)32)29(37)20-35(25-11-8-12-26(18-25)36(39)40)43(41,42)27-13-6-3-7-14-27/h3,6-8,11-18,21,24H,2,4-5,9-10,19-20H2,1H3,(H,33,38)/t21-/m1/s1. The average Bonchev–Trinajstić information content (AvgIpc) is 3.00. The summed E-state index contributed by atoms with van der Waals surface area (Å²) in [5.41, 5.74) is 0.0861. The van der Waals surface area contributed by atoms with Crippen LogP contribution >= 0.6 is 23.2 Å². The molecule has 2 amide bonds. The van der Waals surface area contributed by atoms with Crippen LogP contribution < -0.4 is 9.62 Å². The number of nitro groups is 1. The predicted octanol–water partition coefficient (Wildman–Crippen LogP) is 5.96. The molecule has 4 rings (SSSR count). The van der Waals surface area contributed by atoms with Gasteiger partial charge < -0.3 is 10.2 Å². The highest BCUT2D eigenvalue weighted by Crippen LogP contribution is 2.29. The van der Waals surface area contributed by atoms with E-state index in [1.54, 1.807) is 25.1 Å². The van der Waals surface area contributed by atoms with Gasteiger partial charge in [-0.15, -0.1) is 0 Å². The maximum atomic E-state index is 14.1. The lowest BCUT2D eigenvalue weighted by atomic mass is 9.95. The first-order valence-corrected chi connectivity index (χ1v) is 16.0. The van der Waals surface area contributed by atoms with Crippen molar-refractivity contribution in [3.63, 3.8) is 0 Å². The molecule has 1 aliphatic rings. The molecule has 0 saturated heterocycles. The van der Waals surface area contributed by atoms with Gasteiger partial charge in [0.15, 0.2) is 0 Å². The highest BCUT2D eigenvalue weighted by atomic mass is 35.5. The van der Waals surface area contributed by atoms with Crippen molar-refractivity contribution in [2.45, 2.75) is 62.6 Å². The number of anilines is 1. The second kappa shape index (κ2) is 14.2. The predicted molar refractivity (Wildman–Crippen MR) is 166 cm³/mol. The molecule has 1 aliphatic carbocycles. The number of nitro benzene ring substituents is 1. The van der Waals surface area contributed by atoms with E-state index in [-0.39, 0.29) is 39.8 Å². The minimum Gasteiger partial charge on any atom is -0.352 e. The number of rotatable bonds is 11. The molecule has 1 saturated carbocycles. The van der Waals surface area contributed by atoms with Crippen molar-refractivity contribution < 1.29 is 22.9 Å². The van der Waals surface area contributed by atoms with Crippen molar-refractivity contribution in [2.24, 2.45) is 0 Å². The lowest BCUT2D eigenvalue weighted by Gasteiger charge is -2.33. The monoisotopic (exact) mass is 646 g/mol. The van der Waals surface area contributed by atoms with Gasteiger partial charge in [-0.25, -0.2) is 8.42 Å². The summed E-state index contributed by atoms with van der Waals surface area (Å²) in [5.74, 6) is -1.08. The number of carbonyl (C=O) groups excluding carboxylic acids is 2. The first-order chi connectivity index (χ1) is 20.5. The molecule has 1 atom stereocenters. The van der Waals surface area contributed by atoms with Crippen molar-refractivity contribution >= 4 is 56.4 Å². The Balaban J connectivity index is 1.72. The molecule has 3 aromatic carbocycles. The van der Waals surface area contributed by atoms with Crippen LogP contribution in [-0.4, -0.2) is 48.7 Å². The molecular formula is C30H32Cl2N4O6S. The second-order valence-electron chi connectivity index (χ2n) is 10.4. The van der Waals surface area contributed by atoms with Gasteiger partial charge in [-0.3, -0.25) is 24.0 Å². The Hall–Kier alpha value is -3.67. The van der Waals surface area contributed by atoms with Gasteiger partial charge in [-0.05, 0) is 55.7 Å². The summed E-state index contributed by atoms with van der Waals surface area (Å²) in [4.78, 5) is 39.5. The van der Waals surface area contributed by atoms with E-state index in [4.69, 9.17) is 23.2 Å². The summed E-state index contributed by atoms with van der Waals surface area (Å²) in [6, 6.07) is 16.2. The topological polar surface area (TPSA) is 130 Å². The number of carbonyl (C=O) groups is 2. The number of nitrogens with one attached hydrogen (secondary N) is 1. The zero-order valence-corrected chi connectivity index (χ0v) is 25.8. The average molecular weight is 648 g/mol. The molecule has 13 heteroatoms. The summed E-state index contributed by atoms with van der Waals surface area (Å²) in [6.07, 6.45) is 4.78. The fraction of sp³-hybridized carbons (Fsp3) is 0.333. The number of sulfonamides is 1. The van der Waals surface area contributed by atoms with Crippen LogP contribution in [0.4, 0.5) is 11.4 Å². The Kier molecular flexibility index (Phi) is 10.6. The van der Waals surface area contributed by atoms with E-state index in [2.05, 4.69) is 5.32 Å². The third kappa shape index (κ3) is 8.04. The highest BCUT2D eigenvalue weighted by Gasteiger charge is 2.34. The molecule has 0 radical (unpaired) electrons. The van der Waals surface area contributed by atoms with Crippen LogP contribution in [0.1, 0.15) is 44.6 Å². The summed E-state index contributed by atoms with van der Waals surface area (Å²) in [6.45, 7) is 0.732. The van der Waals surface area contributed by atoms with Gasteiger partial charge in [0.05, 0.1) is 15.5 Å². The molecule has 0 aliphatic heterocycles. The van der Waals surface area contributed by atoms with Crippen LogP contribution in [0.25, 0.3) is 0 Å². The van der Waals surface area contributed by atoms with E-state index < -0.39 is 33.4 Å². The minimum atomic E-state index is -4.36. The SMILES string of the molecule is C[C@H](C(=O)NC1CCCCC1)N(Cc1ccc(Cl)cc1Cl)C(=O)CN(c1cccc([N+](=O)[O-])c1)S(=O)(=O)c1ccccc1. The molecule has 3 aromatic rings. The zero-order valence-electron chi connectivity index (χ0n) is 23.5. The van der Waals surface area contributed by atoms with Gasteiger partial charge in [0.25, 0.3) is 15.7 Å². The molecule has 0 aromatic heterocycles. The van der Waals surface area contributed by atoms with Crippen LogP contribution in [0.2, 0.25) is 10.0 Å². The molecule has 43 heavy (non-hydrogen) atoms. The minimum absolute atomic E-state index is 0.0143. The number of amides is 2. The summed E-state index contributed by atoms with van der Waals surface area (Å²) >= 11 is 12.5. The molecule has 0 bridgehead atoms. The maximum absolute atomic E-state index is 14.1. The molecule has 0 heterocycles. The fourth-order valence-electron chi connectivity index (χ4n) is 4.99. The summed E-state index contributed by atoms with van der Waals surface area (Å²) < 4.78 is 28.5. The Morgan fingerprint density at radius 2 is 1.70 bits per heavy atom. The largest absolute Gasteiger partial charge is 0.352 e. The van der Waals surface area contributed by atoms with Crippen molar-refractivity contribution in [3.8, 4) is 0 Å². The lowest BCUT2D eigenvalue weighted by molar-refractivity contribution is -0.384. The van der Waals surface area contributed by atoms with Crippen molar-refractivity contribution in [3.05, 3.63) is 98.5 Å². The molecule has 228 valence electrons. The van der Waals surface area contributed by atoms with E-state index >= 15 is 0 Å². The van der Waals surface area contributed by atoms with Crippen molar-refractivity contribution in [1.82, 2.24) is 10.2 Å². The first kappa shape index (κ1) is 32.2. The molecule has 0 spiro atoms. The summed E-state index contributed by atoms with van der Waals surface area (Å²) in [7, 11) is -4.36. The smallest absolute Gasteiger partial charge is 0.271 e. The normalized spacial score (nSPS) is 14.5. The zero-order chi connectivity index (χ0) is 31.1. The van der Waals surface area contributed by atoms with E-state index in [9.17, 15) is 28.1 Å². The van der Waals surface area contributed by atoms with Gasteiger partial charge in [-0.1, -0.05) is 72.8 Å². The number of non-ortho nitro benzene ring substituents is 1. The Bertz CT molecular complexity index is 1580. The van der Waals surface area contributed by atoms with Gasteiger partial charge >= 0.3 is 0 Å². The van der Waals surface area contributed by atoms with Crippen LogP contribution in [-0.2, 0) is 26.2 Å². The highest BCUT2D eigenvalue weighted by molar-refractivity contribution is 7.92. The number of hydrogen-bond donors (Lipinski definition) is 1. The van der Waals surface area contributed by atoms with E-state index in [1.807, 2.05) is 0 Å². The number of nitrogens with zero attached hydrogens (tertiary/aromatic N) is 3. The van der Waals surface area contributed by atoms with E-state index in [0.29, 0.717) is 10.6 Å². The number of halogens is 2. The third-order valence-electron chi connectivity index (χ3n) is 7.41. The Labute approximate surface area is 260 Å². The second-order valence-corrected chi connectivity index (χ2v) is 13.1. The van der Waals surface area contributed by atoms with Gasteiger partial charge in [0, 0.05) is 34.8 Å². The Morgan fingerprint density at radius 1 is 1.00 bits per heavy atom. The van der Waals surface area contributed by atoms with Crippen molar-refractivity contribution in [1.29, 1.82) is 0 Å². The third-order valence-corrected chi connectivity index (χ3v) is 9.79. The first-order valence-electron chi connectivity index (χ1n) is 13.8. The molecular weight excluding hydrogens is 615 g/mol. The van der Waals surface area contributed by atoms with Crippen LogP contribution in [0, 0.1) is 10.1 Å². The van der Waals surface area contributed by atoms with Crippen LogP contribution in [0.5, 0.6) is 0 Å². The summed E-state index contributed by atoms with van der Waals surface area (Å²) in [5, 5.41) is 15.2. The van der Waals surface area contributed by atoms with Gasteiger partial charge in [0.1, 0.15) is 12.6 Å². The number of benzene rings is 3. The van der Waals surface area contributed by atoms with Crippen molar-refractivity contribution in [2.75, 3.05) is 10.8 Å². The van der Waals surface area contributed by atoms with Crippen LogP contribution in [0.15, 0.2) is 77.7 Å². The fourth-order valence-corrected chi connectivity index (χ4v) is 6.89. The Morgan fingerprint density at radius 3 is 2.35 bits per heavy atom. The quantitative estimate of drug-likeness (QED) is 0.202. The maximum Gasteiger partial charge on any atom is 0.271 e. The van der Waals surface area contributed by atoms with E-state index in [0.717, 1.165) is 42.5 Å². The van der Waals surface area contributed by atoms with Gasteiger partial charge in [-0.2, -0.15) is 0 Å². The lowest BCUT2D eigenvalue weighted by Crippen LogP contribution is -2.53. The van der Waals surface area contributed by atoms with Gasteiger partial charge in [0.2, 0.25) is 11.8 Å².